The minimum absolute atomic E-state index is 0.0175. The monoisotopic (exact) mass is 434 g/mol. The lowest BCUT2D eigenvalue weighted by atomic mass is 9.95. The van der Waals surface area contributed by atoms with Crippen LogP contribution in [0.3, 0.4) is 0 Å². The zero-order valence-corrected chi connectivity index (χ0v) is 19.2. The molecule has 0 unspecified atom stereocenters. The predicted octanol–water partition coefficient (Wildman–Crippen LogP) is 4.29. The predicted molar refractivity (Wildman–Crippen MR) is 129 cm³/mol. The molecule has 0 bridgehead atoms. The average molecular weight is 435 g/mol. The van der Waals surface area contributed by atoms with Crippen molar-refractivity contribution < 1.29 is 9.59 Å². The van der Waals surface area contributed by atoms with Crippen molar-refractivity contribution in [2.75, 3.05) is 49.5 Å². The first kappa shape index (κ1) is 22.2. The van der Waals surface area contributed by atoms with E-state index in [1.54, 1.807) is 0 Å². The van der Waals surface area contributed by atoms with Crippen molar-refractivity contribution >= 4 is 23.3 Å². The lowest BCUT2D eigenvalue weighted by Gasteiger charge is -2.34. The first-order chi connectivity index (χ1) is 15.5. The topological polar surface area (TPSA) is 55.9 Å². The van der Waals surface area contributed by atoms with Gasteiger partial charge < -0.3 is 20.0 Å². The minimum Gasteiger partial charge on any atom is -0.370 e. The van der Waals surface area contributed by atoms with Gasteiger partial charge in [-0.25, -0.2) is 4.79 Å². The van der Waals surface area contributed by atoms with Gasteiger partial charge in [0.1, 0.15) is 0 Å². The van der Waals surface area contributed by atoms with Crippen LogP contribution >= 0.6 is 0 Å². The smallest absolute Gasteiger partial charge is 0.321 e. The van der Waals surface area contributed by atoms with Crippen LogP contribution in [0.25, 0.3) is 0 Å². The van der Waals surface area contributed by atoms with Gasteiger partial charge in [-0.05, 0) is 62.9 Å². The third-order valence-corrected chi connectivity index (χ3v) is 6.61. The molecule has 3 amide bonds. The summed E-state index contributed by atoms with van der Waals surface area (Å²) in [5.41, 5.74) is 4.43. The van der Waals surface area contributed by atoms with Crippen molar-refractivity contribution in [2.24, 2.45) is 5.92 Å². The van der Waals surface area contributed by atoms with Gasteiger partial charge in [0.15, 0.2) is 0 Å². The molecule has 0 aromatic heterocycles. The Kier molecular flexibility index (Phi) is 6.98. The zero-order chi connectivity index (χ0) is 22.5. The molecule has 0 atom stereocenters. The Morgan fingerprint density at radius 3 is 2.28 bits per heavy atom. The van der Waals surface area contributed by atoms with Gasteiger partial charge in [0.25, 0.3) is 0 Å². The molecular weight excluding hydrogens is 400 g/mol. The van der Waals surface area contributed by atoms with Gasteiger partial charge >= 0.3 is 6.03 Å². The molecule has 1 N–H and O–H groups in total. The fourth-order valence-corrected chi connectivity index (χ4v) is 4.66. The third-order valence-electron chi connectivity index (χ3n) is 6.61. The van der Waals surface area contributed by atoms with E-state index in [1.807, 2.05) is 41.0 Å². The van der Waals surface area contributed by atoms with E-state index in [0.717, 1.165) is 56.7 Å². The highest BCUT2D eigenvalue weighted by molar-refractivity contribution is 5.89. The number of amides is 3. The second-order valence-corrected chi connectivity index (χ2v) is 9.06. The molecule has 0 radical (unpaired) electrons. The van der Waals surface area contributed by atoms with E-state index in [0.29, 0.717) is 13.1 Å². The SMILES string of the molecule is Cc1ccc(N2CCCN(C(=O)C3CCN(C(=O)Nc4cccc(C)c4)CC3)CC2)cc1. The number of hydrogen-bond donors (Lipinski definition) is 1. The summed E-state index contributed by atoms with van der Waals surface area (Å²) < 4.78 is 0. The number of anilines is 2. The van der Waals surface area contributed by atoms with Crippen LogP contribution in [0.5, 0.6) is 0 Å². The number of urea groups is 1. The molecule has 4 rings (SSSR count). The molecule has 2 aliphatic heterocycles. The number of carbonyl (C=O) groups excluding carboxylic acids is 2. The number of piperidine rings is 1. The van der Waals surface area contributed by atoms with E-state index < -0.39 is 0 Å². The average Bonchev–Trinajstić information content (AvgIpc) is 3.06. The Balaban J connectivity index is 1.26. The Bertz CT molecular complexity index is 935. The summed E-state index contributed by atoms with van der Waals surface area (Å²) in [6, 6.07) is 16.4. The highest BCUT2D eigenvalue weighted by Crippen LogP contribution is 2.23. The molecule has 6 heteroatoms. The molecule has 32 heavy (non-hydrogen) atoms. The first-order valence-corrected chi connectivity index (χ1v) is 11.7. The third kappa shape index (κ3) is 5.42. The van der Waals surface area contributed by atoms with Crippen LogP contribution < -0.4 is 10.2 Å². The van der Waals surface area contributed by atoms with Crippen LogP contribution in [0.2, 0.25) is 0 Å². The van der Waals surface area contributed by atoms with Crippen molar-refractivity contribution in [2.45, 2.75) is 33.1 Å². The van der Waals surface area contributed by atoms with E-state index in [2.05, 4.69) is 41.4 Å². The number of nitrogens with one attached hydrogen (secondary N) is 1. The number of likely N-dealkylation sites (tertiary alicyclic amines) is 1. The van der Waals surface area contributed by atoms with Gasteiger partial charge in [-0.1, -0.05) is 29.8 Å². The number of benzene rings is 2. The van der Waals surface area contributed by atoms with Crippen LogP contribution in [0.15, 0.2) is 48.5 Å². The molecule has 170 valence electrons. The summed E-state index contributed by atoms with van der Waals surface area (Å²) in [7, 11) is 0. The van der Waals surface area contributed by atoms with Crippen LogP contribution in [0, 0.1) is 19.8 Å². The van der Waals surface area contributed by atoms with Gasteiger partial charge in [0.2, 0.25) is 5.91 Å². The number of carbonyl (C=O) groups is 2. The van der Waals surface area contributed by atoms with E-state index in [4.69, 9.17) is 0 Å². The Morgan fingerprint density at radius 1 is 0.812 bits per heavy atom. The molecule has 2 aromatic rings. The highest BCUT2D eigenvalue weighted by atomic mass is 16.2. The fraction of sp³-hybridized carbons (Fsp3) is 0.462. The standard InChI is InChI=1S/C26H34N4O2/c1-20-7-9-24(10-8-20)28-13-4-14-29(18-17-28)25(31)22-11-15-30(16-12-22)26(32)27-23-6-3-5-21(2)19-23/h3,5-10,19,22H,4,11-18H2,1-2H3,(H,27,32). The van der Waals surface area contributed by atoms with Gasteiger partial charge in [0.05, 0.1) is 0 Å². The summed E-state index contributed by atoms with van der Waals surface area (Å²) in [6.07, 6.45) is 2.45. The molecule has 2 aromatic carbocycles. The Morgan fingerprint density at radius 2 is 1.56 bits per heavy atom. The largest absolute Gasteiger partial charge is 0.370 e. The summed E-state index contributed by atoms with van der Waals surface area (Å²) in [5.74, 6) is 0.276. The quantitative estimate of drug-likeness (QED) is 0.784. The molecule has 0 saturated carbocycles. The number of hydrogen-bond acceptors (Lipinski definition) is 3. The van der Waals surface area contributed by atoms with Crippen molar-refractivity contribution in [3.63, 3.8) is 0 Å². The van der Waals surface area contributed by atoms with Crippen molar-refractivity contribution in [1.82, 2.24) is 9.80 Å². The maximum Gasteiger partial charge on any atom is 0.321 e. The molecule has 2 saturated heterocycles. The normalized spacial score (nSPS) is 17.8. The number of nitrogens with zero attached hydrogens (tertiary/aromatic N) is 3. The molecule has 0 spiro atoms. The maximum absolute atomic E-state index is 13.2. The molecular formula is C26H34N4O2. The minimum atomic E-state index is -0.0787. The summed E-state index contributed by atoms with van der Waals surface area (Å²) >= 11 is 0. The Hall–Kier alpha value is -3.02. The summed E-state index contributed by atoms with van der Waals surface area (Å²) in [5, 5.41) is 2.98. The maximum atomic E-state index is 13.2. The second-order valence-electron chi connectivity index (χ2n) is 9.06. The molecule has 2 heterocycles. The van der Waals surface area contributed by atoms with Crippen LogP contribution in [0.1, 0.15) is 30.4 Å². The lowest BCUT2D eigenvalue weighted by molar-refractivity contribution is -0.136. The number of aryl methyl sites for hydroxylation is 2. The van der Waals surface area contributed by atoms with Gasteiger partial charge in [-0.15, -0.1) is 0 Å². The number of rotatable bonds is 3. The van der Waals surface area contributed by atoms with Crippen LogP contribution in [-0.2, 0) is 4.79 Å². The lowest BCUT2D eigenvalue weighted by Crippen LogP contribution is -2.46. The van der Waals surface area contributed by atoms with E-state index in [-0.39, 0.29) is 17.9 Å². The second kappa shape index (κ2) is 10.1. The fourth-order valence-electron chi connectivity index (χ4n) is 4.66. The Labute approximate surface area is 191 Å². The molecule has 2 aliphatic rings. The van der Waals surface area contributed by atoms with Gasteiger partial charge in [0, 0.05) is 56.6 Å². The van der Waals surface area contributed by atoms with Crippen molar-refractivity contribution in [3.8, 4) is 0 Å². The zero-order valence-electron chi connectivity index (χ0n) is 19.2. The van der Waals surface area contributed by atoms with Gasteiger partial charge in [-0.2, -0.15) is 0 Å². The van der Waals surface area contributed by atoms with E-state index in [1.165, 1.54) is 11.3 Å². The molecule has 0 aliphatic carbocycles. The van der Waals surface area contributed by atoms with Crippen molar-refractivity contribution in [3.05, 3.63) is 59.7 Å². The van der Waals surface area contributed by atoms with E-state index >= 15 is 0 Å². The van der Waals surface area contributed by atoms with Crippen molar-refractivity contribution in [1.29, 1.82) is 0 Å². The highest BCUT2D eigenvalue weighted by Gasteiger charge is 2.31. The molecule has 6 nitrogen and oxygen atoms in total. The van der Waals surface area contributed by atoms with E-state index in [9.17, 15) is 9.59 Å². The van der Waals surface area contributed by atoms with Crippen LogP contribution in [0.4, 0.5) is 16.2 Å². The van der Waals surface area contributed by atoms with Crippen LogP contribution in [-0.4, -0.2) is 61.0 Å². The first-order valence-electron chi connectivity index (χ1n) is 11.7. The summed E-state index contributed by atoms with van der Waals surface area (Å²) in [4.78, 5) is 32.0. The molecule has 2 fully saturated rings. The van der Waals surface area contributed by atoms with Gasteiger partial charge in [-0.3, -0.25) is 4.79 Å². The summed E-state index contributed by atoms with van der Waals surface area (Å²) in [6.45, 7) is 8.78.